The number of nitrogens with one attached hydrogen (secondary N) is 2. The largest absolute Gasteiger partial charge is 0.381 e. The van der Waals surface area contributed by atoms with Crippen LogP contribution in [-0.4, -0.2) is 38.8 Å². The van der Waals surface area contributed by atoms with Crippen molar-refractivity contribution in [2.45, 2.75) is 33.1 Å². The minimum absolute atomic E-state index is 0. The first-order valence-electron chi connectivity index (χ1n) is 6.46. The molecule has 0 bridgehead atoms. The Morgan fingerprint density at radius 2 is 1.88 bits per heavy atom. The Bertz CT molecular complexity index is 200. The number of rotatable bonds is 8. The van der Waals surface area contributed by atoms with Crippen LogP contribution in [0.2, 0.25) is 0 Å². The van der Waals surface area contributed by atoms with Crippen LogP contribution < -0.4 is 10.6 Å². The summed E-state index contributed by atoms with van der Waals surface area (Å²) in [5, 5.41) is 6.40. The van der Waals surface area contributed by atoms with E-state index in [1.54, 1.807) is 0 Å². The summed E-state index contributed by atoms with van der Waals surface area (Å²) < 4.78 is 5.55. The standard InChI is InChI=1S/C12H25N3O.HI/c1-3-13-12(14-4-2)15-8-5-9-16-10-11-6-7-11;/h11H,3-10H2,1-2H3,(H2,13,14,15);1H. The van der Waals surface area contributed by atoms with Crippen LogP contribution in [0.5, 0.6) is 0 Å². The van der Waals surface area contributed by atoms with Crippen LogP contribution in [0.25, 0.3) is 0 Å². The average Bonchev–Trinajstić information content (AvgIpc) is 3.07. The summed E-state index contributed by atoms with van der Waals surface area (Å²) in [5.41, 5.74) is 0. The Labute approximate surface area is 122 Å². The Balaban J connectivity index is 0.00000256. The summed E-state index contributed by atoms with van der Waals surface area (Å²) in [6.07, 6.45) is 3.74. The molecular formula is C12H26IN3O. The molecule has 0 heterocycles. The molecule has 102 valence electrons. The van der Waals surface area contributed by atoms with Gasteiger partial charge in [-0.1, -0.05) is 0 Å². The number of nitrogens with zero attached hydrogens (tertiary/aromatic N) is 1. The van der Waals surface area contributed by atoms with Gasteiger partial charge in [-0.2, -0.15) is 0 Å². The molecule has 0 radical (unpaired) electrons. The zero-order valence-corrected chi connectivity index (χ0v) is 13.3. The number of guanidine groups is 1. The Kier molecular flexibility index (Phi) is 11.0. The Morgan fingerprint density at radius 3 is 2.41 bits per heavy atom. The summed E-state index contributed by atoms with van der Waals surface area (Å²) >= 11 is 0. The van der Waals surface area contributed by atoms with Gasteiger partial charge in [-0.05, 0) is 39.0 Å². The number of hydrogen-bond donors (Lipinski definition) is 2. The van der Waals surface area contributed by atoms with Crippen LogP contribution in [0.1, 0.15) is 33.1 Å². The lowest BCUT2D eigenvalue weighted by atomic mass is 10.4. The first kappa shape index (κ1) is 17.0. The number of ether oxygens (including phenoxy) is 1. The van der Waals surface area contributed by atoms with E-state index in [9.17, 15) is 0 Å². The minimum atomic E-state index is 0. The summed E-state index contributed by atoms with van der Waals surface area (Å²) in [7, 11) is 0. The maximum atomic E-state index is 5.55. The van der Waals surface area contributed by atoms with Crippen molar-refractivity contribution in [3.05, 3.63) is 0 Å². The average molecular weight is 355 g/mol. The second-order valence-corrected chi connectivity index (χ2v) is 4.16. The first-order valence-corrected chi connectivity index (χ1v) is 6.46. The van der Waals surface area contributed by atoms with E-state index in [0.29, 0.717) is 0 Å². The molecule has 0 atom stereocenters. The van der Waals surface area contributed by atoms with Gasteiger partial charge in [0.1, 0.15) is 0 Å². The van der Waals surface area contributed by atoms with Gasteiger partial charge < -0.3 is 15.4 Å². The molecule has 2 N–H and O–H groups in total. The van der Waals surface area contributed by atoms with Crippen molar-refractivity contribution in [3.63, 3.8) is 0 Å². The minimum Gasteiger partial charge on any atom is -0.381 e. The van der Waals surface area contributed by atoms with Crippen molar-refractivity contribution in [1.29, 1.82) is 0 Å². The van der Waals surface area contributed by atoms with Crippen molar-refractivity contribution in [2.75, 3.05) is 32.8 Å². The van der Waals surface area contributed by atoms with Crippen molar-refractivity contribution in [2.24, 2.45) is 10.9 Å². The topological polar surface area (TPSA) is 45.7 Å². The van der Waals surface area contributed by atoms with E-state index in [4.69, 9.17) is 4.74 Å². The fourth-order valence-corrected chi connectivity index (χ4v) is 1.40. The molecule has 0 aromatic heterocycles. The lowest BCUT2D eigenvalue weighted by Gasteiger charge is -2.08. The molecule has 1 rings (SSSR count). The van der Waals surface area contributed by atoms with Crippen LogP contribution >= 0.6 is 24.0 Å². The molecule has 0 unspecified atom stereocenters. The van der Waals surface area contributed by atoms with Crippen molar-refractivity contribution in [3.8, 4) is 0 Å². The third-order valence-electron chi connectivity index (χ3n) is 2.46. The van der Waals surface area contributed by atoms with Gasteiger partial charge in [0.15, 0.2) is 5.96 Å². The van der Waals surface area contributed by atoms with E-state index >= 15 is 0 Å². The van der Waals surface area contributed by atoms with Crippen LogP contribution in [0.15, 0.2) is 4.99 Å². The van der Waals surface area contributed by atoms with Gasteiger partial charge in [0.05, 0.1) is 0 Å². The highest BCUT2D eigenvalue weighted by molar-refractivity contribution is 14.0. The predicted octanol–water partition coefficient (Wildman–Crippen LogP) is 2.00. The molecule has 0 aromatic carbocycles. The zero-order valence-electron chi connectivity index (χ0n) is 11.0. The fraction of sp³-hybridized carbons (Fsp3) is 0.917. The number of aliphatic imine (C=N–C) groups is 1. The third kappa shape index (κ3) is 9.64. The van der Waals surface area contributed by atoms with Gasteiger partial charge in [-0.25, -0.2) is 0 Å². The summed E-state index contributed by atoms with van der Waals surface area (Å²) in [5.74, 6) is 1.77. The molecule has 0 saturated heterocycles. The Morgan fingerprint density at radius 1 is 1.24 bits per heavy atom. The van der Waals surface area contributed by atoms with Gasteiger partial charge in [-0.3, -0.25) is 4.99 Å². The lowest BCUT2D eigenvalue weighted by molar-refractivity contribution is 0.123. The predicted molar refractivity (Wildman–Crippen MR) is 83.2 cm³/mol. The molecule has 1 aliphatic carbocycles. The second-order valence-electron chi connectivity index (χ2n) is 4.16. The molecule has 5 heteroatoms. The number of hydrogen-bond acceptors (Lipinski definition) is 2. The highest BCUT2D eigenvalue weighted by Gasteiger charge is 2.20. The van der Waals surface area contributed by atoms with E-state index in [1.165, 1.54) is 12.8 Å². The maximum Gasteiger partial charge on any atom is 0.191 e. The lowest BCUT2D eigenvalue weighted by Crippen LogP contribution is -2.37. The molecule has 1 fully saturated rings. The Hall–Kier alpha value is -0.0400. The van der Waals surface area contributed by atoms with Gasteiger partial charge in [0, 0.05) is 32.8 Å². The van der Waals surface area contributed by atoms with E-state index in [2.05, 4.69) is 29.5 Å². The van der Waals surface area contributed by atoms with Gasteiger partial charge >= 0.3 is 0 Å². The highest BCUT2D eigenvalue weighted by atomic mass is 127. The van der Waals surface area contributed by atoms with Crippen molar-refractivity contribution in [1.82, 2.24) is 10.6 Å². The monoisotopic (exact) mass is 355 g/mol. The summed E-state index contributed by atoms with van der Waals surface area (Å²) in [6.45, 7) is 8.59. The van der Waals surface area contributed by atoms with Crippen LogP contribution in [-0.2, 0) is 4.74 Å². The molecule has 17 heavy (non-hydrogen) atoms. The summed E-state index contributed by atoms with van der Waals surface area (Å²) in [6, 6.07) is 0. The SMILES string of the molecule is CCNC(=NCCCOCC1CC1)NCC.I. The second kappa shape index (κ2) is 11.1. The molecular weight excluding hydrogens is 329 g/mol. The normalized spacial score (nSPS) is 13.8. The van der Waals surface area contributed by atoms with Crippen molar-refractivity contribution >= 4 is 29.9 Å². The quantitative estimate of drug-likeness (QED) is 0.303. The molecule has 0 aromatic rings. The summed E-state index contributed by atoms with van der Waals surface area (Å²) in [4.78, 5) is 4.45. The number of halogens is 1. The van der Waals surface area contributed by atoms with E-state index in [-0.39, 0.29) is 24.0 Å². The van der Waals surface area contributed by atoms with Gasteiger partial charge in [0.25, 0.3) is 0 Å². The fourth-order valence-electron chi connectivity index (χ4n) is 1.40. The van der Waals surface area contributed by atoms with Gasteiger partial charge in [-0.15, -0.1) is 24.0 Å². The van der Waals surface area contributed by atoms with Crippen LogP contribution in [0.4, 0.5) is 0 Å². The van der Waals surface area contributed by atoms with Gasteiger partial charge in [0.2, 0.25) is 0 Å². The highest BCUT2D eigenvalue weighted by Crippen LogP contribution is 2.28. The van der Waals surface area contributed by atoms with Crippen LogP contribution in [0, 0.1) is 5.92 Å². The molecule has 1 saturated carbocycles. The third-order valence-corrected chi connectivity index (χ3v) is 2.46. The zero-order chi connectivity index (χ0) is 11.6. The molecule has 0 amide bonds. The smallest absolute Gasteiger partial charge is 0.191 e. The van der Waals surface area contributed by atoms with Crippen molar-refractivity contribution < 1.29 is 4.74 Å². The molecule has 0 aliphatic heterocycles. The van der Waals surface area contributed by atoms with E-state index in [1.807, 2.05) is 0 Å². The van der Waals surface area contributed by atoms with E-state index in [0.717, 1.165) is 51.1 Å². The molecule has 1 aliphatic rings. The first-order chi connectivity index (χ1) is 7.86. The van der Waals surface area contributed by atoms with E-state index < -0.39 is 0 Å². The maximum absolute atomic E-state index is 5.55. The molecule has 0 spiro atoms. The van der Waals surface area contributed by atoms with Crippen LogP contribution in [0.3, 0.4) is 0 Å². The molecule has 4 nitrogen and oxygen atoms in total.